The molecule has 0 radical (unpaired) electrons. The van der Waals surface area contributed by atoms with Crippen LogP contribution in [-0.4, -0.2) is 65.2 Å². The van der Waals surface area contributed by atoms with Crippen molar-refractivity contribution in [2.45, 2.75) is 20.4 Å². The van der Waals surface area contributed by atoms with Gasteiger partial charge in [0.15, 0.2) is 5.96 Å². The number of hydrogen-bond acceptors (Lipinski definition) is 5. The first-order valence-electron chi connectivity index (χ1n) is 11.1. The molecule has 0 spiro atoms. The minimum absolute atomic E-state index is 0.594. The van der Waals surface area contributed by atoms with Crippen LogP contribution in [-0.2, 0) is 6.54 Å². The molecule has 1 saturated heterocycles. The Hall–Kier alpha value is -3.55. The van der Waals surface area contributed by atoms with Crippen LogP contribution < -0.4 is 15.0 Å². The Balaban J connectivity index is 1.37. The highest BCUT2D eigenvalue weighted by molar-refractivity contribution is 5.80. The van der Waals surface area contributed by atoms with Crippen molar-refractivity contribution in [2.75, 3.05) is 44.7 Å². The van der Waals surface area contributed by atoms with Crippen LogP contribution in [0.5, 0.6) is 5.75 Å². The van der Waals surface area contributed by atoms with Crippen LogP contribution in [0.1, 0.15) is 18.3 Å². The summed E-state index contributed by atoms with van der Waals surface area (Å²) in [4.78, 5) is 18.4. The van der Waals surface area contributed by atoms with Gasteiger partial charge in [0.05, 0.1) is 13.7 Å². The second kappa shape index (κ2) is 10.2. The number of piperazine rings is 1. The van der Waals surface area contributed by atoms with Gasteiger partial charge in [-0.25, -0.2) is 15.0 Å². The fourth-order valence-corrected chi connectivity index (χ4v) is 3.83. The molecule has 8 nitrogen and oxygen atoms in total. The highest BCUT2D eigenvalue weighted by Crippen LogP contribution is 2.20. The molecule has 1 aliphatic heterocycles. The Morgan fingerprint density at radius 2 is 1.84 bits per heavy atom. The van der Waals surface area contributed by atoms with Gasteiger partial charge in [0.25, 0.3) is 0 Å². The third-order valence-corrected chi connectivity index (χ3v) is 5.64. The van der Waals surface area contributed by atoms with Gasteiger partial charge in [0.1, 0.15) is 17.4 Å². The summed E-state index contributed by atoms with van der Waals surface area (Å²) in [5, 5.41) is 3.44. The molecule has 0 atom stereocenters. The number of ether oxygens (including phenoxy) is 1. The molecule has 3 aromatic rings. The van der Waals surface area contributed by atoms with E-state index >= 15 is 0 Å². The van der Waals surface area contributed by atoms with Crippen LogP contribution in [0.25, 0.3) is 5.82 Å². The molecule has 1 N–H and O–H groups in total. The van der Waals surface area contributed by atoms with Crippen molar-refractivity contribution >= 4 is 11.6 Å². The Kier molecular flexibility index (Phi) is 6.89. The van der Waals surface area contributed by atoms with E-state index in [0.29, 0.717) is 6.54 Å². The number of nitrogens with one attached hydrogen (secondary N) is 1. The van der Waals surface area contributed by atoms with Crippen LogP contribution in [0.3, 0.4) is 0 Å². The number of pyridine rings is 1. The van der Waals surface area contributed by atoms with Crippen LogP contribution in [0, 0.1) is 6.92 Å². The topological polar surface area (TPSA) is 70.8 Å². The zero-order valence-corrected chi connectivity index (χ0v) is 19.0. The molecule has 1 fully saturated rings. The maximum Gasteiger partial charge on any atom is 0.194 e. The standard InChI is InChI=1S/C24H31N7O/c1-4-25-24(28-18-20-5-10-23(27-17-20)31-12-11-26-19(31)2)30-15-13-29(14-16-30)21-6-8-22(32-3)9-7-21/h5-12,17H,4,13-16,18H2,1-3H3,(H,25,28). The summed E-state index contributed by atoms with van der Waals surface area (Å²) in [5.41, 5.74) is 2.31. The lowest BCUT2D eigenvalue weighted by atomic mass is 10.2. The molecule has 1 aliphatic rings. The highest BCUT2D eigenvalue weighted by atomic mass is 16.5. The number of aryl methyl sites for hydroxylation is 1. The molecule has 1 aromatic carbocycles. The summed E-state index contributed by atoms with van der Waals surface area (Å²) in [6.07, 6.45) is 5.60. The number of aliphatic imine (C=N–C) groups is 1. The third-order valence-electron chi connectivity index (χ3n) is 5.64. The highest BCUT2D eigenvalue weighted by Gasteiger charge is 2.20. The Morgan fingerprint density at radius 3 is 2.44 bits per heavy atom. The Morgan fingerprint density at radius 1 is 1.06 bits per heavy atom. The predicted octanol–water partition coefficient (Wildman–Crippen LogP) is 2.87. The zero-order valence-electron chi connectivity index (χ0n) is 19.0. The lowest BCUT2D eigenvalue weighted by molar-refractivity contribution is 0.372. The largest absolute Gasteiger partial charge is 0.497 e. The number of guanidine groups is 1. The fourth-order valence-electron chi connectivity index (χ4n) is 3.83. The lowest BCUT2D eigenvalue weighted by Gasteiger charge is -2.37. The van der Waals surface area contributed by atoms with Crippen molar-refractivity contribution in [3.05, 3.63) is 66.4 Å². The van der Waals surface area contributed by atoms with E-state index < -0.39 is 0 Å². The van der Waals surface area contributed by atoms with Gasteiger partial charge in [-0.1, -0.05) is 6.07 Å². The Labute approximate surface area is 189 Å². The number of rotatable bonds is 6. The quantitative estimate of drug-likeness (QED) is 0.476. The van der Waals surface area contributed by atoms with Gasteiger partial charge >= 0.3 is 0 Å². The van der Waals surface area contributed by atoms with Gasteiger partial charge in [0.2, 0.25) is 0 Å². The summed E-state index contributed by atoms with van der Waals surface area (Å²) in [6, 6.07) is 12.4. The third kappa shape index (κ3) is 5.01. The molecule has 3 heterocycles. The number of hydrogen-bond donors (Lipinski definition) is 1. The summed E-state index contributed by atoms with van der Waals surface area (Å²) in [6.45, 7) is 9.27. The first-order chi connectivity index (χ1) is 15.7. The average molecular weight is 434 g/mol. The average Bonchev–Trinajstić information content (AvgIpc) is 3.28. The maximum absolute atomic E-state index is 5.27. The van der Waals surface area contributed by atoms with Gasteiger partial charge < -0.3 is 19.9 Å². The lowest BCUT2D eigenvalue weighted by Crippen LogP contribution is -2.52. The minimum atomic E-state index is 0.594. The monoisotopic (exact) mass is 433 g/mol. The number of nitrogens with zero attached hydrogens (tertiary/aromatic N) is 6. The van der Waals surface area contributed by atoms with Crippen molar-refractivity contribution < 1.29 is 4.74 Å². The second-order valence-corrected chi connectivity index (χ2v) is 7.71. The van der Waals surface area contributed by atoms with Crippen molar-refractivity contribution in [2.24, 2.45) is 4.99 Å². The molecule has 32 heavy (non-hydrogen) atoms. The fraction of sp³-hybridized carbons (Fsp3) is 0.375. The van der Waals surface area contributed by atoms with E-state index in [1.165, 1.54) is 5.69 Å². The molecule has 0 amide bonds. The molecular weight excluding hydrogens is 402 g/mol. The zero-order chi connectivity index (χ0) is 22.3. The molecule has 0 bridgehead atoms. The maximum atomic E-state index is 5.27. The van der Waals surface area contributed by atoms with E-state index in [1.54, 1.807) is 13.3 Å². The summed E-state index contributed by atoms with van der Waals surface area (Å²) in [5.74, 6) is 3.63. The number of methoxy groups -OCH3 is 1. The van der Waals surface area contributed by atoms with Crippen molar-refractivity contribution in [1.29, 1.82) is 0 Å². The van der Waals surface area contributed by atoms with E-state index in [1.807, 2.05) is 42.1 Å². The van der Waals surface area contributed by atoms with Crippen LogP contribution >= 0.6 is 0 Å². The predicted molar refractivity (Wildman–Crippen MR) is 128 cm³/mol. The molecular formula is C24H31N7O. The molecule has 168 valence electrons. The van der Waals surface area contributed by atoms with Gasteiger partial charge in [-0.05, 0) is 49.7 Å². The normalized spacial score (nSPS) is 14.5. The molecule has 8 heteroatoms. The van der Waals surface area contributed by atoms with E-state index in [4.69, 9.17) is 9.73 Å². The van der Waals surface area contributed by atoms with E-state index in [9.17, 15) is 0 Å². The number of aromatic nitrogens is 3. The van der Waals surface area contributed by atoms with Gasteiger partial charge in [0, 0.05) is 57.0 Å². The summed E-state index contributed by atoms with van der Waals surface area (Å²) < 4.78 is 7.24. The van der Waals surface area contributed by atoms with E-state index in [0.717, 1.165) is 61.6 Å². The van der Waals surface area contributed by atoms with Crippen LogP contribution in [0.15, 0.2) is 60.0 Å². The molecule has 0 saturated carbocycles. The molecule has 4 rings (SSSR count). The first-order valence-corrected chi connectivity index (χ1v) is 11.1. The minimum Gasteiger partial charge on any atom is -0.497 e. The van der Waals surface area contributed by atoms with E-state index in [2.05, 4.69) is 50.2 Å². The van der Waals surface area contributed by atoms with Crippen LogP contribution in [0.4, 0.5) is 5.69 Å². The van der Waals surface area contributed by atoms with Crippen molar-refractivity contribution in [3.8, 4) is 11.6 Å². The van der Waals surface area contributed by atoms with Crippen molar-refractivity contribution in [1.82, 2.24) is 24.8 Å². The number of benzene rings is 1. The molecule has 2 aromatic heterocycles. The molecule has 0 unspecified atom stereocenters. The van der Waals surface area contributed by atoms with Crippen molar-refractivity contribution in [3.63, 3.8) is 0 Å². The first kappa shape index (κ1) is 21.7. The Bertz CT molecular complexity index is 1020. The van der Waals surface area contributed by atoms with Gasteiger partial charge in [-0.15, -0.1) is 0 Å². The van der Waals surface area contributed by atoms with Gasteiger partial charge in [-0.3, -0.25) is 4.57 Å². The SMILES string of the molecule is CCNC(=NCc1ccc(-n2ccnc2C)nc1)N1CCN(c2ccc(OC)cc2)CC1. The summed E-state index contributed by atoms with van der Waals surface area (Å²) >= 11 is 0. The number of imidazole rings is 1. The van der Waals surface area contributed by atoms with E-state index in [-0.39, 0.29) is 0 Å². The smallest absolute Gasteiger partial charge is 0.194 e. The molecule has 0 aliphatic carbocycles. The summed E-state index contributed by atoms with van der Waals surface area (Å²) in [7, 11) is 1.69. The number of anilines is 1. The second-order valence-electron chi connectivity index (χ2n) is 7.71. The van der Waals surface area contributed by atoms with Gasteiger partial charge in [-0.2, -0.15) is 0 Å². The van der Waals surface area contributed by atoms with Crippen LogP contribution in [0.2, 0.25) is 0 Å².